The third kappa shape index (κ3) is 4.54. The van der Waals surface area contributed by atoms with Crippen LogP contribution in [0.15, 0.2) is 23.4 Å². The van der Waals surface area contributed by atoms with Crippen LogP contribution in [0.4, 0.5) is 11.4 Å². The predicted molar refractivity (Wildman–Crippen MR) is 84.9 cm³/mol. The van der Waals surface area contributed by atoms with Crippen molar-refractivity contribution in [1.29, 1.82) is 0 Å². The minimum atomic E-state index is -0.401. The maximum absolute atomic E-state index is 11.7. The summed E-state index contributed by atoms with van der Waals surface area (Å²) in [6.45, 7) is 0.969. The molecule has 2 aromatic rings. The maximum atomic E-state index is 11.7. The van der Waals surface area contributed by atoms with Crippen molar-refractivity contribution in [3.63, 3.8) is 0 Å². The van der Waals surface area contributed by atoms with E-state index in [1.54, 1.807) is 13.3 Å². The van der Waals surface area contributed by atoms with E-state index < -0.39 is 5.56 Å². The molecule has 2 aromatic heterocycles. The average molecular weight is 341 g/mol. The molecule has 2 heterocycles. The highest BCUT2D eigenvalue weighted by Crippen LogP contribution is 2.20. The van der Waals surface area contributed by atoms with Gasteiger partial charge in [-0.1, -0.05) is 11.6 Å². The van der Waals surface area contributed by atoms with Crippen LogP contribution in [0, 0.1) is 0 Å². The van der Waals surface area contributed by atoms with E-state index in [0.29, 0.717) is 24.5 Å². The molecule has 0 aliphatic rings. The number of methoxy groups -OCH3 is 1. The second-order valence-electron chi connectivity index (χ2n) is 4.70. The van der Waals surface area contributed by atoms with Crippen LogP contribution in [-0.2, 0) is 23.1 Å². The van der Waals surface area contributed by atoms with Crippen molar-refractivity contribution in [2.75, 3.05) is 25.6 Å². The fourth-order valence-electron chi connectivity index (χ4n) is 1.76. The Kier molecular flexibility index (Phi) is 5.72. The van der Waals surface area contributed by atoms with Crippen molar-refractivity contribution in [1.82, 2.24) is 24.9 Å². The lowest BCUT2D eigenvalue weighted by molar-refractivity contribution is -0.122. The average Bonchev–Trinajstić information content (AvgIpc) is 2.95. The highest BCUT2D eigenvalue weighted by molar-refractivity contribution is 6.33. The molecule has 0 aliphatic heterocycles. The standard InChI is InChI=1S/C13H17ClN6O3/c1-19-13(22)12(14)10(6-16-19)18-9-5-17-20(7-9)8-11(21)15-3-4-23-2/h5-7,18H,3-4,8H2,1-2H3,(H,15,21). The number of hydrogen-bond donors (Lipinski definition) is 2. The Morgan fingerprint density at radius 3 is 2.91 bits per heavy atom. The summed E-state index contributed by atoms with van der Waals surface area (Å²) in [5.41, 5.74) is 0.562. The Hall–Kier alpha value is -2.39. The van der Waals surface area contributed by atoms with Gasteiger partial charge in [-0.2, -0.15) is 10.2 Å². The zero-order valence-electron chi connectivity index (χ0n) is 12.7. The first-order valence-corrected chi connectivity index (χ1v) is 7.16. The van der Waals surface area contributed by atoms with E-state index in [-0.39, 0.29) is 17.5 Å². The third-order valence-corrected chi connectivity index (χ3v) is 3.29. The number of nitrogens with one attached hydrogen (secondary N) is 2. The second-order valence-corrected chi connectivity index (χ2v) is 5.07. The number of carbonyl (C=O) groups excluding carboxylic acids is 1. The van der Waals surface area contributed by atoms with E-state index in [1.807, 2.05) is 0 Å². The second kappa shape index (κ2) is 7.75. The molecule has 0 saturated carbocycles. The number of rotatable bonds is 7. The fourth-order valence-corrected chi connectivity index (χ4v) is 1.98. The summed E-state index contributed by atoms with van der Waals surface area (Å²) >= 11 is 5.97. The topological polar surface area (TPSA) is 103 Å². The maximum Gasteiger partial charge on any atom is 0.287 e. The number of ether oxygens (including phenoxy) is 1. The van der Waals surface area contributed by atoms with Crippen molar-refractivity contribution in [3.8, 4) is 0 Å². The number of aromatic nitrogens is 4. The van der Waals surface area contributed by atoms with Gasteiger partial charge in [0.15, 0.2) is 0 Å². The largest absolute Gasteiger partial charge is 0.383 e. The number of carbonyl (C=O) groups is 1. The Labute approximate surface area is 137 Å². The zero-order valence-corrected chi connectivity index (χ0v) is 13.5. The molecular weight excluding hydrogens is 324 g/mol. The van der Waals surface area contributed by atoms with Crippen molar-refractivity contribution in [2.24, 2.45) is 7.05 Å². The highest BCUT2D eigenvalue weighted by Gasteiger charge is 2.09. The first-order valence-electron chi connectivity index (χ1n) is 6.78. The lowest BCUT2D eigenvalue weighted by Gasteiger charge is -2.06. The van der Waals surface area contributed by atoms with Crippen LogP contribution in [-0.4, -0.2) is 45.7 Å². The quantitative estimate of drug-likeness (QED) is 0.695. The van der Waals surface area contributed by atoms with Gasteiger partial charge in [0.25, 0.3) is 5.56 Å². The van der Waals surface area contributed by atoms with E-state index >= 15 is 0 Å². The first kappa shape index (κ1) is 17.0. The van der Waals surface area contributed by atoms with Gasteiger partial charge in [0.05, 0.1) is 30.4 Å². The molecule has 2 rings (SSSR count). The van der Waals surface area contributed by atoms with Crippen LogP contribution < -0.4 is 16.2 Å². The molecule has 0 radical (unpaired) electrons. The summed E-state index contributed by atoms with van der Waals surface area (Å²) in [7, 11) is 3.08. The molecule has 0 saturated heterocycles. The SMILES string of the molecule is COCCNC(=O)Cn1cc(Nc2cnn(C)c(=O)c2Cl)cn1. The van der Waals surface area contributed by atoms with E-state index in [4.69, 9.17) is 16.3 Å². The number of aryl methyl sites for hydroxylation is 1. The molecule has 0 bridgehead atoms. The monoisotopic (exact) mass is 340 g/mol. The van der Waals surface area contributed by atoms with E-state index in [2.05, 4.69) is 20.8 Å². The Morgan fingerprint density at radius 2 is 2.17 bits per heavy atom. The molecule has 124 valence electrons. The molecular formula is C13H17ClN6O3. The lowest BCUT2D eigenvalue weighted by atomic mass is 10.4. The molecule has 0 atom stereocenters. The number of nitrogens with zero attached hydrogens (tertiary/aromatic N) is 4. The van der Waals surface area contributed by atoms with Crippen LogP contribution in [0.25, 0.3) is 0 Å². The van der Waals surface area contributed by atoms with Gasteiger partial charge in [0.2, 0.25) is 5.91 Å². The van der Waals surface area contributed by atoms with Crippen molar-refractivity contribution < 1.29 is 9.53 Å². The van der Waals surface area contributed by atoms with Crippen LogP contribution in [0.2, 0.25) is 5.02 Å². The van der Waals surface area contributed by atoms with E-state index in [9.17, 15) is 9.59 Å². The smallest absolute Gasteiger partial charge is 0.287 e. The number of anilines is 2. The van der Waals surface area contributed by atoms with Gasteiger partial charge in [0, 0.05) is 26.9 Å². The summed E-state index contributed by atoms with van der Waals surface area (Å²) < 4.78 is 7.45. The fraction of sp³-hybridized carbons (Fsp3) is 0.385. The minimum Gasteiger partial charge on any atom is -0.383 e. The molecule has 0 aliphatic carbocycles. The van der Waals surface area contributed by atoms with Gasteiger partial charge in [-0.15, -0.1) is 0 Å². The molecule has 0 aromatic carbocycles. The zero-order chi connectivity index (χ0) is 16.8. The molecule has 0 unspecified atom stereocenters. The van der Waals surface area contributed by atoms with Crippen molar-refractivity contribution in [2.45, 2.75) is 6.54 Å². The third-order valence-electron chi connectivity index (χ3n) is 2.92. The Bertz CT molecular complexity index is 742. The summed E-state index contributed by atoms with van der Waals surface area (Å²) in [6.07, 6.45) is 4.60. The Morgan fingerprint density at radius 1 is 1.39 bits per heavy atom. The molecule has 0 fully saturated rings. The molecule has 2 N–H and O–H groups in total. The molecule has 23 heavy (non-hydrogen) atoms. The summed E-state index contributed by atoms with van der Waals surface area (Å²) in [5.74, 6) is -0.176. The van der Waals surface area contributed by atoms with Gasteiger partial charge < -0.3 is 15.4 Å². The van der Waals surface area contributed by atoms with Gasteiger partial charge in [-0.05, 0) is 0 Å². The van der Waals surface area contributed by atoms with Crippen LogP contribution in [0.5, 0.6) is 0 Å². The van der Waals surface area contributed by atoms with Crippen LogP contribution in [0.3, 0.4) is 0 Å². The number of hydrogen-bond acceptors (Lipinski definition) is 6. The number of amides is 1. The van der Waals surface area contributed by atoms with Gasteiger partial charge in [-0.3, -0.25) is 14.3 Å². The van der Waals surface area contributed by atoms with Gasteiger partial charge in [-0.25, -0.2) is 4.68 Å². The summed E-state index contributed by atoms with van der Waals surface area (Å²) in [4.78, 5) is 23.4. The lowest BCUT2D eigenvalue weighted by Crippen LogP contribution is -2.30. The summed E-state index contributed by atoms with van der Waals surface area (Å²) in [6, 6.07) is 0. The van der Waals surface area contributed by atoms with Gasteiger partial charge >= 0.3 is 0 Å². The van der Waals surface area contributed by atoms with Crippen molar-refractivity contribution >= 4 is 28.9 Å². The predicted octanol–water partition coefficient (Wildman–Crippen LogP) is 0.136. The number of halogens is 1. The van der Waals surface area contributed by atoms with E-state index in [0.717, 1.165) is 4.68 Å². The Balaban J connectivity index is 1.99. The van der Waals surface area contributed by atoms with Crippen LogP contribution in [0.1, 0.15) is 0 Å². The highest BCUT2D eigenvalue weighted by atomic mass is 35.5. The van der Waals surface area contributed by atoms with Gasteiger partial charge in [0.1, 0.15) is 11.6 Å². The molecule has 10 heteroatoms. The van der Waals surface area contributed by atoms with Crippen molar-refractivity contribution in [3.05, 3.63) is 34.0 Å². The van der Waals surface area contributed by atoms with E-state index in [1.165, 1.54) is 24.1 Å². The molecule has 9 nitrogen and oxygen atoms in total. The minimum absolute atomic E-state index is 0.0348. The first-order chi connectivity index (χ1) is 11.0. The normalized spacial score (nSPS) is 10.6. The van der Waals surface area contributed by atoms with Crippen LogP contribution >= 0.6 is 11.6 Å². The summed E-state index contributed by atoms with van der Waals surface area (Å²) in [5, 5.41) is 13.6. The molecule has 0 spiro atoms. The molecule has 1 amide bonds.